The molecule has 0 bridgehead atoms. The maximum Gasteiger partial charge on any atom is 0.253 e. The van der Waals surface area contributed by atoms with E-state index in [0.29, 0.717) is 6.54 Å². The number of thiazole rings is 1. The van der Waals surface area contributed by atoms with E-state index in [2.05, 4.69) is 15.0 Å². The number of aryl methyl sites for hydroxylation is 2. The summed E-state index contributed by atoms with van der Waals surface area (Å²) in [5.74, 6) is 0.380. The highest BCUT2D eigenvalue weighted by molar-refractivity contribution is 7.15. The summed E-state index contributed by atoms with van der Waals surface area (Å²) in [5.41, 5.74) is 3.92. The zero-order valence-electron chi connectivity index (χ0n) is 15.6. The normalized spacial score (nSPS) is 17.1. The van der Waals surface area contributed by atoms with Gasteiger partial charge in [0.1, 0.15) is 6.33 Å². The van der Waals surface area contributed by atoms with Crippen LogP contribution in [0.4, 0.5) is 0 Å². The molecule has 3 heterocycles. The van der Waals surface area contributed by atoms with Crippen molar-refractivity contribution in [1.29, 1.82) is 0 Å². The Bertz CT molecular complexity index is 937. The molecule has 0 radical (unpaired) electrons. The van der Waals surface area contributed by atoms with Gasteiger partial charge in [-0.15, -0.1) is 11.3 Å². The number of aromatic nitrogens is 3. The molecule has 0 N–H and O–H groups in total. The molecule has 0 aliphatic carbocycles. The number of benzene rings is 1. The van der Waals surface area contributed by atoms with E-state index < -0.39 is 0 Å². The SMILES string of the molecule is Cc1nc(C)c(-c2ccc(C(=O)N3CCCC(c4ccncn4)C3)cc2)s1. The molecule has 1 fully saturated rings. The average Bonchev–Trinajstić information content (AvgIpc) is 3.06. The minimum atomic E-state index is 0.0949. The molecule has 0 saturated carbocycles. The van der Waals surface area contributed by atoms with Crippen molar-refractivity contribution in [2.75, 3.05) is 13.1 Å². The van der Waals surface area contributed by atoms with Crippen LogP contribution in [0.5, 0.6) is 0 Å². The third-order valence-electron chi connectivity index (χ3n) is 5.03. The number of nitrogens with zero attached hydrogens (tertiary/aromatic N) is 4. The average molecular weight is 379 g/mol. The van der Waals surface area contributed by atoms with E-state index in [1.807, 2.05) is 49.1 Å². The largest absolute Gasteiger partial charge is 0.338 e. The van der Waals surface area contributed by atoms with Gasteiger partial charge in [-0.25, -0.2) is 15.0 Å². The summed E-state index contributed by atoms with van der Waals surface area (Å²) in [5, 5.41) is 1.06. The number of carbonyl (C=O) groups excluding carboxylic acids is 1. The molecule has 4 rings (SSSR count). The molecular weight excluding hydrogens is 356 g/mol. The molecule has 6 heteroatoms. The fourth-order valence-electron chi connectivity index (χ4n) is 3.69. The number of likely N-dealkylation sites (tertiary alicyclic amines) is 1. The molecule has 1 aromatic carbocycles. The number of amides is 1. The molecule has 1 aliphatic rings. The Balaban J connectivity index is 1.50. The minimum absolute atomic E-state index is 0.0949. The summed E-state index contributed by atoms with van der Waals surface area (Å²) >= 11 is 1.69. The maximum absolute atomic E-state index is 13.0. The Kier molecular flexibility index (Phi) is 4.99. The Morgan fingerprint density at radius 2 is 2.00 bits per heavy atom. The van der Waals surface area contributed by atoms with Crippen LogP contribution in [0.15, 0.2) is 42.9 Å². The molecule has 1 aliphatic heterocycles. The molecule has 1 unspecified atom stereocenters. The molecule has 2 aromatic heterocycles. The van der Waals surface area contributed by atoms with Crippen molar-refractivity contribution in [1.82, 2.24) is 19.9 Å². The lowest BCUT2D eigenvalue weighted by Crippen LogP contribution is -2.39. The lowest BCUT2D eigenvalue weighted by Gasteiger charge is -2.32. The van der Waals surface area contributed by atoms with E-state index >= 15 is 0 Å². The van der Waals surface area contributed by atoms with Crippen LogP contribution in [0.1, 0.15) is 45.5 Å². The van der Waals surface area contributed by atoms with Crippen molar-refractivity contribution in [3.8, 4) is 10.4 Å². The molecule has 138 valence electrons. The highest BCUT2D eigenvalue weighted by Crippen LogP contribution is 2.30. The van der Waals surface area contributed by atoms with Crippen LogP contribution in [0.2, 0.25) is 0 Å². The minimum Gasteiger partial charge on any atom is -0.338 e. The van der Waals surface area contributed by atoms with E-state index in [9.17, 15) is 4.79 Å². The first kappa shape index (κ1) is 17.8. The summed E-state index contributed by atoms with van der Waals surface area (Å²) in [7, 11) is 0. The van der Waals surface area contributed by atoms with Gasteiger partial charge in [0.05, 0.1) is 15.6 Å². The first-order valence-corrected chi connectivity index (χ1v) is 10.0. The van der Waals surface area contributed by atoms with E-state index in [4.69, 9.17) is 0 Å². The number of carbonyl (C=O) groups is 1. The second-order valence-corrected chi connectivity index (χ2v) is 8.15. The van der Waals surface area contributed by atoms with Crippen molar-refractivity contribution in [2.24, 2.45) is 0 Å². The van der Waals surface area contributed by atoms with Gasteiger partial charge < -0.3 is 4.90 Å². The number of piperidine rings is 1. The Morgan fingerprint density at radius 1 is 1.19 bits per heavy atom. The van der Waals surface area contributed by atoms with Crippen LogP contribution in [-0.2, 0) is 0 Å². The Morgan fingerprint density at radius 3 is 2.67 bits per heavy atom. The summed E-state index contributed by atoms with van der Waals surface area (Å²) in [6, 6.07) is 9.87. The fraction of sp³-hybridized carbons (Fsp3) is 0.333. The predicted molar refractivity (Wildman–Crippen MR) is 107 cm³/mol. The van der Waals surface area contributed by atoms with Crippen LogP contribution >= 0.6 is 11.3 Å². The molecule has 1 amide bonds. The molecule has 1 atom stereocenters. The van der Waals surface area contributed by atoms with Crippen molar-refractivity contribution in [3.05, 3.63) is 64.8 Å². The lowest BCUT2D eigenvalue weighted by molar-refractivity contribution is 0.0706. The van der Waals surface area contributed by atoms with Crippen LogP contribution in [0, 0.1) is 13.8 Å². The van der Waals surface area contributed by atoms with Gasteiger partial charge in [-0.3, -0.25) is 4.79 Å². The zero-order valence-corrected chi connectivity index (χ0v) is 16.4. The standard InChI is InChI=1S/C21H22N4OS/c1-14-20(27-15(2)24-14)16-5-7-17(8-6-16)21(26)25-11-3-4-18(12-25)19-9-10-22-13-23-19/h5-10,13,18H,3-4,11-12H2,1-2H3. The van der Waals surface area contributed by atoms with Gasteiger partial charge in [0.15, 0.2) is 0 Å². The Labute approximate surface area is 163 Å². The highest BCUT2D eigenvalue weighted by Gasteiger charge is 2.26. The van der Waals surface area contributed by atoms with Crippen molar-refractivity contribution in [3.63, 3.8) is 0 Å². The molecule has 27 heavy (non-hydrogen) atoms. The van der Waals surface area contributed by atoms with Crippen LogP contribution in [0.3, 0.4) is 0 Å². The third kappa shape index (κ3) is 3.76. The van der Waals surface area contributed by atoms with E-state index in [-0.39, 0.29) is 11.8 Å². The Hall–Kier alpha value is -2.60. The van der Waals surface area contributed by atoms with Crippen molar-refractivity contribution in [2.45, 2.75) is 32.6 Å². The molecule has 3 aromatic rings. The van der Waals surface area contributed by atoms with Gasteiger partial charge in [0.25, 0.3) is 5.91 Å². The topological polar surface area (TPSA) is 59.0 Å². The van der Waals surface area contributed by atoms with Crippen molar-refractivity contribution >= 4 is 17.2 Å². The van der Waals surface area contributed by atoms with Crippen molar-refractivity contribution < 1.29 is 4.79 Å². The van der Waals surface area contributed by atoms with Gasteiger partial charge in [0, 0.05) is 36.5 Å². The van der Waals surface area contributed by atoms with E-state index in [1.165, 1.54) is 4.88 Å². The summed E-state index contributed by atoms with van der Waals surface area (Å²) in [6.45, 7) is 5.56. The third-order valence-corrected chi connectivity index (χ3v) is 6.15. The monoisotopic (exact) mass is 378 g/mol. The van der Waals surface area contributed by atoms with Gasteiger partial charge >= 0.3 is 0 Å². The summed E-state index contributed by atoms with van der Waals surface area (Å²) in [4.78, 5) is 29.0. The van der Waals surface area contributed by atoms with Gasteiger partial charge in [-0.1, -0.05) is 12.1 Å². The van der Waals surface area contributed by atoms with Gasteiger partial charge in [0.2, 0.25) is 0 Å². The maximum atomic E-state index is 13.0. The highest BCUT2D eigenvalue weighted by atomic mass is 32.1. The van der Waals surface area contributed by atoms with E-state index in [0.717, 1.165) is 46.9 Å². The molecule has 1 saturated heterocycles. The first-order valence-electron chi connectivity index (χ1n) is 9.21. The summed E-state index contributed by atoms with van der Waals surface area (Å²) < 4.78 is 0. The second kappa shape index (κ2) is 7.56. The smallest absolute Gasteiger partial charge is 0.253 e. The van der Waals surface area contributed by atoms with Gasteiger partial charge in [-0.05, 0) is 50.5 Å². The first-order chi connectivity index (χ1) is 13.1. The zero-order chi connectivity index (χ0) is 18.8. The van der Waals surface area contributed by atoms with Crippen LogP contribution in [-0.4, -0.2) is 38.8 Å². The molecular formula is C21H22N4OS. The van der Waals surface area contributed by atoms with E-state index in [1.54, 1.807) is 23.9 Å². The lowest BCUT2D eigenvalue weighted by atomic mass is 9.94. The number of hydrogen-bond donors (Lipinski definition) is 0. The van der Waals surface area contributed by atoms with Crippen LogP contribution in [0.25, 0.3) is 10.4 Å². The predicted octanol–water partition coefficient (Wildman–Crippen LogP) is 4.24. The quantitative estimate of drug-likeness (QED) is 0.684. The second-order valence-electron chi connectivity index (χ2n) is 6.95. The fourth-order valence-corrected chi connectivity index (χ4v) is 4.62. The summed E-state index contributed by atoms with van der Waals surface area (Å²) in [6.07, 6.45) is 5.41. The van der Waals surface area contributed by atoms with Gasteiger partial charge in [-0.2, -0.15) is 0 Å². The number of rotatable bonds is 3. The molecule has 5 nitrogen and oxygen atoms in total. The number of hydrogen-bond acceptors (Lipinski definition) is 5. The van der Waals surface area contributed by atoms with Crippen LogP contribution < -0.4 is 0 Å². The molecule has 0 spiro atoms.